The molecule has 0 saturated heterocycles. The molecule has 3 aromatic rings. The van der Waals surface area contributed by atoms with Gasteiger partial charge < -0.3 is 19.4 Å². The normalized spacial score (nSPS) is 15.9. The zero-order valence-electron chi connectivity index (χ0n) is 19.3. The molecule has 2 unspecified atom stereocenters. The highest BCUT2D eigenvalue weighted by molar-refractivity contribution is 6.06. The fourth-order valence-electron chi connectivity index (χ4n) is 4.54. The summed E-state index contributed by atoms with van der Waals surface area (Å²) in [6, 6.07) is 9.60. The number of benzene rings is 1. The first-order valence-electron chi connectivity index (χ1n) is 11.3. The van der Waals surface area contributed by atoms with E-state index < -0.39 is 0 Å². The Bertz CT molecular complexity index is 1200. The molecule has 33 heavy (non-hydrogen) atoms. The van der Waals surface area contributed by atoms with E-state index in [4.69, 9.17) is 9.47 Å². The number of carbonyl (C=O) groups is 1. The van der Waals surface area contributed by atoms with Crippen molar-refractivity contribution >= 4 is 28.6 Å². The van der Waals surface area contributed by atoms with Crippen molar-refractivity contribution in [2.45, 2.75) is 51.6 Å². The first-order valence-corrected chi connectivity index (χ1v) is 11.3. The molecule has 7 heteroatoms. The summed E-state index contributed by atoms with van der Waals surface area (Å²) in [6.45, 7) is 4.05. The van der Waals surface area contributed by atoms with Crippen molar-refractivity contribution in [1.82, 2.24) is 9.97 Å². The molecule has 2 atom stereocenters. The number of rotatable bonds is 10. The Labute approximate surface area is 193 Å². The second kappa shape index (κ2) is 9.92. The molecule has 1 aromatic carbocycles. The van der Waals surface area contributed by atoms with Gasteiger partial charge in [0, 0.05) is 22.7 Å². The summed E-state index contributed by atoms with van der Waals surface area (Å²) in [5.41, 5.74) is 3.00. The highest BCUT2D eigenvalue weighted by Crippen LogP contribution is 2.45. The van der Waals surface area contributed by atoms with Crippen LogP contribution >= 0.6 is 0 Å². The lowest BCUT2D eigenvalue weighted by Gasteiger charge is -2.21. The highest BCUT2D eigenvalue weighted by Gasteiger charge is 2.39. The third-order valence-corrected chi connectivity index (χ3v) is 6.10. The van der Waals surface area contributed by atoms with Crippen LogP contribution in [0.25, 0.3) is 11.0 Å². The minimum atomic E-state index is -0.344. The standard InChI is InChI=1S/C26H29N3O4/c1-4-6-19(33-20-13-18-11-12-27-25(18)28-14-20)9-10-21-24-22(7-5-8-23(24)32-3)29(26(21)31)15-17(2)16-30/h5,7-8,11-14,19,21H,4,6,9-10,15H2,1-3H3,(H,27,28). The number of aromatic amines is 1. The van der Waals surface area contributed by atoms with Gasteiger partial charge in [-0.3, -0.25) is 4.79 Å². The zero-order chi connectivity index (χ0) is 23.4. The third kappa shape index (κ3) is 4.64. The molecule has 0 spiro atoms. The monoisotopic (exact) mass is 447 g/mol. The predicted molar refractivity (Wildman–Crippen MR) is 128 cm³/mol. The number of amides is 1. The molecule has 172 valence electrons. The van der Waals surface area contributed by atoms with E-state index in [1.165, 1.54) is 0 Å². The molecule has 1 N–H and O–H groups in total. The van der Waals surface area contributed by atoms with Crippen LogP contribution in [-0.4, -0.2) is 41.6 Å². The lowest BCUT2D eigenvalue weighted by molar-refractivity contribution is -0.119. The molecule has 3 heterocycles. The number of ether oxygens (including phenoxy) is 2. The number of pyridine rings is 1. The summed E-state index contributed by atoms with van der Waals surface area (Å²) in [6.07, 6.45) is 6.73. The van der Waals surface area contributed by atoms with E-state index in [1.807, 2.05) is 42.5 Å². The van der Waals surface area contributed by atoms with Gasteiger partial charge >= 0.3 is 0 Å². The Kier molecular flexibility index (Phi) is 6.80. The summed E-state index contributed by atoms with van der Waals surface area (Å²) in [7, 11) is 1.61. The van der Waals surface area contributed by atoms with Crippen molar-refractivity contribution in [3.8, 4) is 11.5 Å². The quantitative estimate of drug-likeness (QED) is 0.451. The van der Waals surface area contributed by atoms with Crippen molar-refractivity contribution < 1.29 is 19.1 Å². The number of fused-ring (bicyclic) bond motifs is 2. The minimum absolute atomic E-state index is 0.0187. The first kappa shape index (κ1) is 22.6. The number of nitrogens with one attached hydrogen (secondary N) is 1. The number of methoxy groups -OCH3 is 1. The van der Waals surface area contributed by atoms with Crippen LogP contribution in [0.1, 0.15) is 51.0 Å². The van der Waals surface area contributed by atoms with Crippen LogP contribution in [0, 0.1) is 0 Å². The molecular formula is C26H29N3O4. The van der Waals surface area contributed by atoms with Crippen molar-refractivity contribution in [2.24, 2.45) is 0 Å². The summed E-state index contributed by atoms with van der Waals surface area (Å²) >= 11 is 0. The molecule has 1 amide bonds. The van der Waals surface area contributed by atoms with E-state index in [0.29, 0.717) is 24.2 Å². The fourth-order valence-corrected chi connectivity index (χ4v) is 4.54. The van der Waals surface area contributed by atoms with Crippen molar-refractivity contribution in [2.75, 3.05) is 18.6 Å². The molecule has 0 radical (unpaired) electrons. The molecule has 1 aliphatic heterocycles. The molecule has 1 aliphatic rings. The van der Waals surface area contributed by atoms with Gasteiger partial charge in [0.1, 0.15) is 23.1 Å². The van der Waals surface area contributed by atoms with Gasteiger partial charge in [-0.15, -0.1) is 0 Å². The van der Waals surface area contributed by atoms with Crippen LogP contribution in [0.3, 0.4) is 0 Å². The van der Waals surface area contributed by atoms with Crippen LogP contribution < -0.4 is 14.4 Å². The van der Waals surface area contributed by atoms with Crippen LogP contribution in [0.2, 0.25) is 0 Å². The van der Waals surface area contributed by atoms with E-state index in [0.717, 1.165) is 40.9 Å². The van der Waals surface area contributed by atoms with E-state index in [9.17, 15) is 9.59 Å². The Morgan fingerprint density at radius 1 is 1.30 bits per heavy atom. The van der Waals surface area contributed by atoms with Gasteiger partial charge in [-0.2, -0.15) is 0 Å². The van der Waals surface area contributed by atoms with Crippen LogP contribution in [0.5, 0.6) is 11.5 Å². The van der Waals surface area contributed by atoms with E-state index in [1.54, 1.807) is 25.1 Å². The van der Waals surface area contributed by atoms with Crippen LogP contribution in [-0.2, 0) is 9.59 Å². The molecule has 0 aliphatic carbocycles. The molecule has 0 saturated carbocycles. The molecule has 2 aromatic heterocycles. The molecular weight excluding hydrogens is 418 g/mol. The number of aromatic nitrogens is 2. The van der Waals surface area contributed by atoms with Gasteiger partial charge in [0.05, 0.1) is 37.6 Å². The number of carbonyl (C=O) groups excluding carboxylic acids is 2. The summed E-state index contributed by atoms with van der Waals surface area (Å²) in [5.74, 6) is 2.96. The fraction of sp³-hybridized carbons (Fsp3) is 0.385. The minimum Gasteiger partial charge on any atom is -0.496 e. The van der Waals surface area contributed by atoms with Gasteiger partial charge in [0.25, 0.3) is 0 Å². The number of hydrogen-bond donors (Lipinski definition) is 1. The highest BCUT2D eigenvalue weighted by atomic mass is 16.5. The average molecular weight is 448 g/mol. The molecule has 0 fully saturated rings. The Morgan fingerprint density at radius 3 is 2.91 bits per heavy atom. The first-order chi connectivity index (χ1) is 16.0. The Hall–Kier alpha value is -3.57. The van der Waals surface area contributed by atoms with Crippen LogP contribution in [0.15, 0.2) is 48.3 Å². The van der Waals surface area contributed by atoms with Crippen molar-refractivity contribution in [3.05, 3.63) is 53.9 Å². The number of hydrogen-bond acceptors (Lipinski definition) is 5. The van der Waals surface area contributed by atoms with Gasteiger partial charge in [0.2, 0.25) is 5.91 Å². The zero-order valence-corrected chi connectivity index (χ0v) is 19.3. The third-order valence-electron chi connectivity index (χ3n) is 6.10. The predicted octanol–water partition coefficient (Wildman–Crippen LogP) is 4.81. The second-order valence-electron chi connectivity index (χ2n) is 8.44. The van der Waals surface area contributed by atoms with Crippen molar-refractivity contribution in [1.29, 1.82) is 0 Å². The van der Waals surface area contributed by atoms with Gasteiger partial charge in [-0.05, 0) is 50.5 Å². The van der Waals surface area contributed by atoms with Crippen molar-refractivity contribution in [3.63, 3.8) is 0 Å². The Morgan fingerprint density at radius 2 is 2.15 bits per heavy atom. The number of H-pyrrole nitrogens is 1. The SMILES string of the molecule is CCCC(CCC1C(=O)N(CC(C)=C=O)c2cccc(OC)c21)Oc1cnc2[nH]ccc2c1. The van der Waals surface area contributed by atoms with E-state index >= 15 is 0 Å². The number of nitrogens with zero attached hydrogens (tertiary/aromatic N) is 2. The molecule has 0 bridgehead atoms. The lowest BCUT2D eigenvalue weighted by Crippen LogP contribution is -2.31. The van der Waals surface area contributed by atoms with E-state index in [-0.39, 0.29) is 24.5 Å². The topological polar surface area (TPSA) is 84.5 Å². The lowest BCUT2D eigenvalue weighted by atomic mass is 9.92. The van der Waals surface area contributed by atoms with Gasteiger partial charge in [-0.1, -0.05) is 19.4 Å². The number of anilines is 1. The van der Waals surface area contributed by atoms with Gasteiger partial charge in [-0.25, -0.2) is 9.78 Å². The van der Waals surface area contributed by atoms with Gasteiger partial charge in [0.15, 0.2) is 0 Å². The summed E-state index contributed by atoms with van der Waals surface area (Å²) < 4.78 is 11.9. The molecule has 7 nitrogen and oxygen atoms in total. The maximum atomic E-state index is 13.4. The molecule has 4 rings (SSSR count). The maximum Gasteiger partial charge on any atom is 0.235 e. The smallest absolute Gasteiger partial charge is 0.235 e. The summed E-state index contributed by atoms with van der Waals surface area (Å²) in [5, 5.41) is 1.00. The Balaban J connectivity index is 1.54. The maximum absolute atomic E-state index is 13.4. The largest absolute Gasteiger partial charge is 0.496 e. The summed E-state index contributed by atoms with van der Waals surface area (Å²) in [4.78, 5) is 33.7. The van der Waals surface area contributed by atoms with Crippen LogP contribution in [0.4, 0.5) is 5.69 Å². The van der Waals surface area contributed by atoms with E-state index in [2.05, 4.69) is 16.9 Å². The average Bonchev–Trinajstić information content (AvgIpc) is 3.40. The second-order valence-corrected chi connectivity index (χ2v) is 8.44.